The molecular formula is C55H107NO8. The Morgan fingerprint density at radius 3 is 1.22 bits per heavy atom. The summed E-state index contributed by atoms with van der Waals surface area (Å²) in [6.45, 7) is 3.81. The highest BCUT2D eigenvalue weighted by Gasteiger charge is 2.44. The lowest BCUT2D eigenvalue weighted by Gasteiger charge is -2.40. The molecular weight excluding hydrogens is 803 g/mol. The largest absolute Gasteiger partial charge is 0.394 e. The second kappa shape index (κ2) is 45.7. The third-order valence-corrected chi connectivity index (χ3v) is 13.6. The summed E-state index contributed by atoms with van der Waals surface area (Å²) in [4.78, 5) is 13.0. The van der Waals surface area contributed by atoms with Crippen molar-refractivity contribution in [2.24, 2.45) is 0 Å². The third kappa shape index (κ3) is 35.1. The number of rotatable bonds is 48. The van der Waals surface area contributed by atoms with Crippen molar-refractivity contribution in [3.05, 3.63) is 12.2 Å². The summed E-state index contributed by atoms with van der Waals surface area (Å²) in [5.41, 5.74) is 0. The average molecular weight is 910 g/mol. The highest BCUT2D eigenvalue weighted by molar-refractivity contribution is 5.76. The van der Waals surface area contributed by atoms with Crippen LogP contribution in [0, 0.1) is 0 Å². The lowest BCUT2D eigenvalue weighted by Crippen LogP contribution is -2.60. The van der Waals surface area contributed by atoms with Crippen molar-refractivity contribution in [1.82, 2.24) is 5.32 Å². The summed E-state index contributed by atoms with van der Waals surface area (Å²) in [5.74, 6) is -0.171. The maximum absolute atomic E-state index is 13.0. The van der Waals surface area contributed by atoms with E-state index in [0.717, 1.165) is 38.5 Å². The molecule has 0 radical (unpaired) electrons. The van der Waals surface area contributed by atoms with Gasteiger partial charge in [0.15, 0.2) is 6.29 Å². The van der Waals surface area contributed by atoms with Crippen LogP contribution in [0.25, 0.3) is 0 Å². The maximum Gasteiger partial charge on any atom is 0.220 e. The van der Waals surface area contributed by atoms with Crippen LogP contribution in [-0.2, 0) is 14.3 Å². The van der Waals surface area contributed by atoms with E-state index >= 15 is 0 Å². The molecule has 1 saturated heterocycles. The lowest BCUT2D eigenvalue weighted by molar-refractivity contribution is -0.302. The van der Waals surface area contributed by atoms with Gasteiger partial charge in [0.2, 0.25) is 5.91 Å². The molecule has 1 rings (SSSR count). The fraction of sp³-hybridized carbons (Fsp3) is 0.945. The number of aliphatic hydroxyl groups excluding tert-OH is 5. The number of carbonyl (C=O) groups is 1. The van der Waals surface area contributed by atoms with Gasteiger partial charge in [-0.1, -0.05) is 264 Å². The number of ether oxygens (including phenoxy) is 2. The van der Waals surface area contributed by atoms with Crippen LogP contribution in [0.1, 0.15) is 277 Å². The molecule has 0 spiro atoms. The van der Waals surface area contributed by atoms with Gasteiger partial charge in [-0.2, -0.15) is 0 Å². The Kier molecular flexibility index (Phi) is 43.5. The van der Waals surface area contributed by atoms with Crippen molar-refractivity contribution in [3.63, 3.8) is 0 Å². The number of aliphatic hydroxyl groups is 5. The van der Waals surface area contributed by atoms with Crippen LogP contribution in [0.4, 0.5) is 0 Å². The fourth-order valence-electron chi connectivity index (χ4n) is 9.16. The summed E-state index contributed by atoms with van der Waals surface area (Å²) in [6, 6.07) is -0.799. The Bertz CT molecular complexity index is 1010. The zero-order valence-corrected chi connectivity index (χ0v) is 42.1. The molecule has 7 atom stereocenters. The number of carbonyl (C=O) groups excluding carboxylic acids is 1. The molecule has 0 aromatic carbocycles. The predicted molar refractivity (Wildman–Crippen MR) is 267 cm³/mol. The number of nitrogens with one attached hydrogen (secondary N) is 1. The van der Waals surface area contributed by atoms with Gasteiger partial charge < -0.3 is 40.3 Å². The zero-order chi connectivity index (χ0) is 46.6. The molecule has 6 N–H and O–H groups in total. The molecule has 9 nitrogen and oxygen atoms in total. The van der Waals surface area contributed by atoms with Crippen LogP contribution in [0.3, 0.4) is 0 Å². The second-order valence-corrected chi connectivity index (χ2v) is 19.7. The Hall–Kier alpha value is -1.07. The molecule has 9 heteroatoms. The normalized spacial score (nSPS) is 20.0. The molecule has 1 aliphatic rings. The van der Waals surface area contributed by atoms with Gasteiger partial charge in [0.05, 0.1) is 25.4 Å². The SMILES string of the molecule is CCCCCCCCCCCCCC/C=C/[C@@H](O)[C@H](CO[C@@H]1O[C@H](CO)[C@H](O)C(O)C1O)NC(=O)CCCCCCCCCCCCCCCCCCCCCCCCCCCCC. The van der Waals surface area contributed by atoms with Gasteiger partial charge in [-0.15, -0.1) is 0 Å². The number of hydrogen-bond donors (Lipinski definition) is 6. The number of allylic oxidation sites excluding steroid dienone is 1. The van der Waals surface area contributed by atoms with Crippen molar-refractivity contribution < 1.29 is 39.8 Å². The Morgan fingerprint density at radius 2 is 0.859 bits per heavy atom. The minimum Gasteiger partial charge on any atom is -0.394 e. The first-order valence-corrected chi connectivity index (χ1v) is 27.9. The molecule has 1 amide bonds. The summed E-state index contributed by atoms with van der Waals surface area (Å²) in [5, 5.41) is 54.4. The molecule has 64 heavy (non-hydrogen) atoms. The van der Waals surface area contributed by atoms with E-state index in [1.54, 1.807) is 6.08 Å². The van der Waals surface area contributed by atoms with Crippen LogP contribution in [0.2, 0.25) is 0 Å². The van der Waals surface area contributed by atoms with Crippen molar-refractivity contribution in [1.29, 1.82) is 0 Å². The van der Waals surface area contributed by atoms with E-state index in [2.05, 4.69) is 19.2 Å². The smallest absolute Gasteiger partial charge is 0.220 e. The first-order chi connectivity index (χ1) is 31.3. The summed E-state index contributed by atoms with van der Waals surface area (Å²) in [7, 11) is 0. The van der Waals surface area contributed by atoms with E-state index < -0.39 is 49.5 Å². The monoisotopic (exact) mass is 910 g/mol. The topological polar surface area (TPSA) is 149 Å². The van der Waals surface area contributed by atoms with Gasteiger partial charge >= 0.3 is 0 Å². The molecule has 0 saturated carbocycles. The van der Waals surface area contributed by atoms with Crippen LogP contribution >= 0.6 is 0 Å². The second-order valence-electron chi connectivity index (χ2n) is 19.7. The molecule has 0 aliphatic carbocycles. The van der Waals surface area contributed by atoms with E-state index in [9.17, 15) is 30.3 Å². The van der Waals surface area contributed by atoms with Crippen molar-refractivity contribution in [3.8, 4) is 0 Å². The zero-order valence-electron chi connectivity index (χ0n) is 42.1. The standard InChI is InChI=1S/C55H107NO8/c1-3-5-7-9-11-13-15-17-19-20-21-22-23-24-25-26-27-28-29-30-31-33-35-37-39-41-43-45-51(59)56-48(47-63-55-54(62)53(61)52(60)50(46-57)64-55)49(58)44-42-40-38-36-34-32-18-16-14-12-10-8-6-4-2/h42,44,48-50,52-55,57-58,60-62H,3-41,43,45-47H2,1-2H3,(H,56,59)/b44-42+/t48-,49+,50+,52-,53?,54?,55+/m0/s1. The first kappa shape index (κ1) is 60.9. The average Bonchev–Trinajstić information content (AvgIpc) is 3.29. The van der Waals surface area contributed by atoms with Crippen molar-refractivity contribution in [2.45, 2.75) is 320 Å². The van der Waals surface area contributed by atoms with Gasteiger partial charge in [-0.3, -0.25) is 4.79 Å². The minimum atomic E-state index is -1.56. The number of unbranched alkanes of at least 4 members (excludes halogenated alkanes) is 38. The van der Waals surface area contributed by atoms with Crippen molar-refractivity contribution in [2.75, 3.05) is 13.2 Å². The van der Waals surface area contributed by atoms with Crippen molar-refractivity contribution >= 4 is 5.91 Å². The Labute approximate surface area is 395 Å². The maximum atomic E-state index is 13.0. The highest BCUT2D eigenvalue weighted by atomic mass is 16.7. The highest BCUT2D eigenvalue weighted by Crippen LogP contribution is 2.23. The molecule has 380 valence electrons. The quantitative estimate of drug-likeness (QED) is 0.0261. The van der Waals surface area contributed by atoms with Crippen LogP contribution in [-0.4, -0.2) is 87.5 Å². The Morgan fingerprint density at radius 1 is 0.516 bits per heavy atom. The summed E-state index contributed by atoms with van der Waals surface area (Å²) < 4.78 is 11.2. The van der Waals surface area contributed by atoms with E-state index in [1.807, 2.05) is 6.08 Å². The van der Waals surface area contributed by atoms with E-state index in [1.165, 1.54) is 218 Å². The van der Waals surface area contributed by atoms with Gasteiger partial charge in [0, 0.05) is 6.42 Å². The fourth-order valence-corrected chi connectivity index (χ4v) is 9.16. The molecule has 0 bridgehead atoms. The van der Waals surface area contributed by atoms with E-state index in [0.29, 0.717) is 6.42 Å². The molecule has 0 aromatic heterocycles. The van der Waals surface area contributed by atoms with Gasteiger partial charge in [-0.25, -0.2) is 0 Å². The first-order valence-electron chi connectivity index (χ1n) is 27.9. The van der Waals surface area contributed by atoms with Gasteiger partial charge in [0.25, 0.3) is 0 Å². The summed E-state index contributed by atoms with van der Waals surface area (Å²) >= 11 is 0. The van der Waals surface area contributed by atoms with Crippen LogP contribution < -0.4 is 5.32 Å². The minimum absolute atomic E-state index is 0.171. The lowest BCUT2D eigenvalue weighted by atomic mass is 9.99. The predicted octanol–water partition coefficient (Wildman–Crippen LogP) is 13.2. The van der Waals surface area contributed by atoms with Crippen LogP contribution in [0.5, 0.6) is 0 Å². The molecule has 1 fully saturated rings. The molecule has 2 unspecified atom stereocenters. The molecule has 0 aromatic rings. The van der Waals surface area contributed by atoms with Gasteiger partial charge in [-0.05, 0) is 19.3 Å². The Balaban J connectivity index is 2.17. The molecule has 1 aliphatic heterocycles. The van der Waals surface area contributed by atoms with E-state index in [4.69, 9.17) is 9.47 Å². The number of hydrogen-bond acceptors (Lipinski definition) is 8. The number of amides is 1. The van der Waals surface area contributed by atoms with Crippen LogP contribution in [0.15, 0.2) is 12.2 Å². The summed E-state index contributed by atoms with van der Waals surface area (Å²) in [6.07, 6.45) is 48.5. The third-order valence-electron chi connectivity index (χ3n) is 13.6. The van der Waals surface area contributed by atoms with Gasteiger partial charge in [0.1, 0.15) is 24.4 Å². The van der Waals surface area contributed by atoms with E-state index in [-0.39, 0.29) is 12.5 Å². The molecule has 1 heterocycles.